The molecule has 2 heteroatoms. The van der Waals surface area contributed by atoms with Crippen LogP contribution in [0.3, 0.4) is 0 Å². The molecule has 0 fully saturated rings. The summed E-state index contributed by atoms with van der Waals surface area (Å²) in [6.45, 7) is 5.54. The molecule has 0 saturated carbocycles. The molecule has 0 radical (unpaired) electrons. The van der Waals surface area contributed by atoms with Gasteiger partial charge in [-0.25, -0.2) is 0 Å². The molecule has 0 aliphatic carbocycles. The van der Waals surface area contributed by atoms with Gasteiger partial charge < -0.3 is 4.79 Å². The van der Waals surface area contributed by atoms with Gasteiger partial charge >= 0.3 is 0 Å². The maximum atomic E-state index is 10.9. The first-order valence-electron chi connectivity index (χ1n) is 4.00. The summed E-state index contributed by atoms with van der Waals surface area (Å²) in [6, 6.07) is 0. The minimum atomic E-state index is -0.329. The first-order chi connectivity index (χ1) is 5.02. The maximum absolute atomic E-state index is 10.9. The summed E-state index contributed by atoms with van der Waals surface area (Å²) in [4.78, 5) is 21.3. The van der Waals surface area contributed by atoms with Crippen molar-refractivity contribution in [3.63, 3.8) is 0 Å². The molecule has 0 atom stereocenters. The van der Waals surface area contributed by atoms with Gasteiger partial charge in [0.15, 0.2) is 0 Å². The van der Waals surface area contributed by atoms with Gasteiger partial charge in [-0.3, -0.25) is 4.79 Å². The molecule has 0 saturated heterocycles. The Morgan fingerprint density at radius 2 is 2.00 bits per heavy atom. The van der Waals surface area contributed by atoms with Gasteiger partial charge in [-0.2, -0.15) is 0 Å². The fourth-order valence-electron chi connectivity index (χ4n) is 0.697. The van der Waals surface area contributed by atoms with Crippen LogP contribution in [0.4, 0.5) is 0 Å². The molecule has 0 aliphatic heterocycles. The number of carbonyl (C=O) groups is 2. The summed E-state index contributed by atoms with van der Waals surface area (Å²) in [5.41, 5.74) is -0.329. The van der Waals surface area contributed by atoms with E-state index < -0.39 is 0 Å². The third kappa shape index (κ3) is 4.71. The molecule has 0 aromatic rings. The number of carbonyl (C=O) groups excluding carboxylic acids is 2. The number of hydrogen-bond acceptors (Lipinski definition) is 2. The lowest BCUT2D eigenvalue weighted by Gasteiger charge is -2.14. The fraction of sp³-hybridized carbons (Fsp3) is 0.778. The van der Waals surface area contributed by atoms with Crippen molar-refractivity contribution in [2.45, 2.75) is 40.0 Å². The van der Waals surface area contributed by atoms with Crippen LogP contribution in [0.2, 0.25) is 0 Å². The van der Waals surface area contributed by atoms with Gasteiger partial charge in [0.2, 0.25) is 0 Å². The van der Waals surface area contributed by atoms with E-state index >= 15 is 0 Å². The molecule has 0 aliphatic rings. The second-order valence-corrected chi connectivity index (χ2v) is 3.50. The zero-order chi connectivity index (χ0) is 8.91. The minimum Gasteiger partial charge on any atom is -0.303 e. The molecule has 0 aromatic heterocycles. The molecule has 0 unspecified atom stereocenters. The Morgan fingerprint density at radius 3 is 2.36 bits per heavy atom. The summed E-state index contributed by atoms with van der Waals surface area (Å²) in [5.74, 6) is 0.236. The Kier molecular flexibility index (Phi) is 4.01. The van der Waals surface area contributed by atoms with Crippen molar-refractivity contribution in [3.8, 4) is 0 Å². The summed E-state index contributed by atoms with van der Waals surface area (Å²) in [6.07, 6.45) is 2.69. The molecule has 0 rings (SSSR count). The first kappa shape index (κ1) is 10.3. The molecule has 0 amide bonds. The lowest BCUT2D eigenvalue weighted by molar-refractivity contribution is -0.120. The highest BCUT2D eigenvalue weighted by Gasteiger charge is 2.16. The van der Waals surface area contributed by atoms with E-state index in [1.807, 2.05) is 20.8 Å². The van der Waals surface area contributed by atoms with Crippen molar-refractivity contribution in [2.75, 3.05) is 0 Å². The quantitative estimate of drug-likeness (QED) is 0.570. The van der Waals surface area contributed by atoms with E-state index in [2.05, 4.69) is 0 Å². The predicted molar refractivity (Wildman–Crippen MR) is 44.4 cm³/mol. The van der Waals surface area contributed by atoms with Crippen LogP contribution in [0.25, 0.3) is 0 Å². The average molecular weight is 156 g/mol. The highest BCUT2D eigenvalue weighted by molar-refractivity contribution is 5.78. The van der Waals surface area contributed by atoms with Crippen molar-refractivity contribution in [1.29, 1.82) is 0 Å². The van der Waals surface area contributed by atoms with Gasteiger partial charge in [0, 0.05) is 18.3 Å². The molecule has 0 aromatic carbocycles. The van der Waals surface area contributed by atoms with Crippen LogP contribution in [0.5, 0.6) is 0 Å². The average Bonchev–Trinajstić information content (AvgIpc) is 2.00. The van der Waals surface area contributed by atoms with Crippen LogP contribution >= 0.6 is 0 Å². The number of hydrogen-bond donors (Lipinski definition) is 0. The van der Waals surface area contributed by atoms with Gasteiger partial charge in [0.25, 0.3) is 0 Å². The molecule has 64 valence electrons. The third-order valence-corrected chi connectivity index (χ3v) is 1.76. The minimum absolute atomic E-state index is 0.236. The van der Waals surface area contributed by atoms with Crippen LogP contribution in [0, 0.1) is 5.41 Å². The molecule has 11 heavy (non-hydrogen) atoms. The van der Waals surface area contributed by atoms with Crippen LogP contribution in [0.15, 0.2) is 0 Å². The highest BCUT2D eigenvalue weighted by Crippen LogP contribution is 2.19. The van der Waals surface area contributed by atoms with Gasteiger partial charge in [0.05, 0.1) is 0 Å². The Bertz CT molecular complexity index is 148. The maximum Gasteiger partial charge on any atom is 0.132 e. The van der Waals surface area contributed by atoms with Crippen molar-refractivity contribution in [1.82, 2.24) is 0 Å². The lowest BCUT2D eigenvalue weighted by atomic mass is 9.88. The highest BCUT2D eigenvalue weighted by atomic mass is 16.1. The van der Waals surface area contributed by atoms with Crippen molar-refractivity contribution < 1.29 is 9.59 Å². The van der Waals surface area contributed by atoms with Crippen LogP contribution < -0.4 is 0 Å². The molecule has 0 N–H and O–H groups in total. The molecular formula is C9H16O2. The summed E-state index contributed by atoms with van der Waals surface area (Å²) >= 11 is 0. The van der Waals surface area contributed by atoms with E-state index in [-0.39, 0.29) is 11.2 Å². The third-order valence-electron chi connectivity index (χ3n) is 1.76. The standard InChI is InChI=1S/C9H16O2/c1-4-8(11)5-6-9(2,3)7-10/h7H,4-6H2,1-3H3. The van der Waals surface area contributed by atoms with E-state index in [0.29, 0.717) is 19.3 Å². The van der Waals surface area contributed by atoms with Crippen molar-refractivity contribution in [2.24, 2.45) is 5.41 Å². The van der Waals surface area contributed by atoms with Gasteiger partial charge in [-0.05, 0) is 6.42 Å². The number of Topliss-reactive ketones (excluding diaryl/α,β-unsaturated/α-hetero) is 1. The monoisotopic (exact) mass is 156 g/mol. The van der Waals surface area contributed by atoms with Crippen molar-refractivity contribution in [3.05, 3.63) is 0 Å². The zero-order valence-electron chi connectivity index (χ0n) is 7.52. The lowest BCUT2D eigenvalue weighted by Crippen LogP contribution is -2.14. The van der Waals surface area contributed by atoms with Gasteiger partial charge in [0.1, 0.15) is 12.1 Å². The summed E-state index contributed by atoms with van der Waals surface area (Å²) in [5, 5.41) is 0. The van der Waals surface area contributed by atoms with Crippen molar-refractivity contribution >= 4 is 12.1 Å². The number of aldehydes is 1. The second-order valence-electron chi connectivity index (χ2n) is 3.50. The van der Waals surface area contributed by atoms with E-state index in [0.717, 1.165) is 6.29 Å². The van der Waals surface area contributed by atoms with E-state index in [1.165, 1.54) is 0 Å². The Labute approximate surface area is 68.0 Å². The normalized spacial score (nSPS) is 11.2. The zero-order valence-corrected chi connectivity index (χ0v) is 7.52. The molecule has 0 heterocycles. The largest absolute Gasteiger partial charge is 0.303 e. The molecule has 0 spiro atoms. The van der Waals surface area contributed by atoms with E-state index in [4.69, 9.17) is 0 Å². The van der Waals surface area contributed by atoms with Gasteiger partial charge in [-0.1, -0.05) is 20.8 Å². The van der Waals surface area contributed by atoms with E-state index in [1.54, 1.807) is 0 Å². The van der Waals surface area contributed by atoms with Crippen LogP contribution in [0.1, 0.15) is 40.0 Å². The summed E-state index contributed by atoms with van der Waals surface area (Å²) in [7, 11) is 0. The van der Waals surface area contributed by atoms with E-state index in [9.17, 15) is 9.59 Å². The molecule has 0 bridgehead atoms. The summed E-state index contributed by atoms with van der Waals surface area (Å²) < 4.78 is 0. The number of rotatable bonds is 5. The smallest absolute Gasteiger partial charge is 0.132 e. The Hall–Kier alpha value is -0.660. The fourth-order valence-corrected chi connectivity index (χ4v) is 0.697. The Balaban J connectivity index is 3.69. The topological polar surface area (TPSA) is 34.1 Å². The first-order valence-corrected chi connectivity index (χ1v) is 4.00. The molecule has 2 nitrogen and oxygen atoms in total. The van der Waals surface area contributed by atoms with Crippen LogP contribution in [-0.4, -0.2) is 12.1 Å². The van der Waals surface area contributed by atoms with Crippen LogP contribution in [-0.2, 0) is 9.59 Å². The number of ketones is 1. The second kappa shape index (κ2) is 4.27. The Morgan fingerprint density at radius 1 is 1.45 bits per heavy atom. The van der Waals surface area contributed by atoms with Gasteiger partial charge in [-0.15, -0.1) is 0 Å². The predicted octanol–water partition coefficient (Wildman–Crippen LogP) is 1.97. The SMILES string of the molecule is CCC(=O)CCC(C)(C)C=O. The molecular weight excluding hydrogens is 140 g/mol.